The van der Waals surface area contributed by atoms with E-state index in [9.17, 15) is 10.4 Å². The number of nitrogens with zero attached hydrogens (tertiary/aromatic N) is 4. The van der Waals surface area contributed by atoms with Crippen molar-refractivity contribution in [2.45, 2.75) is 20.8 Å². The second kappa shape index (κ2) is 6.45. The number of pyridine rings is 2. The Kier molecular flexibility index (Phi) is 4.09. The molecule has 6 heteroatoms. The predicted octanol–water partition coefficient (Wildman–Crippen LogP) is 4.92. The average molecular weight is 372 g/mol. The summed E-state index contributed by atoms with van der Waals surface area (Å²) in [6, 6.07) is 9.89. The molecule has 0 bridgehead atoms. The van der Waals surface area contributed by atoms with Gasteiger partial charge in [-0.2, -0.15) is 5.26 Å². The Bertz CT molecular complexity index is 1240. The van der Waals surface area contributed by atoms with E-state index in [2.05, 4.69) is 21.0 Å². The Hall–Kier alpha value is -3.30. The first-order valence-electron chi connectivity index (χ1n) is 8.41. The van der Waals surface area contributed by atoms with Gasteiger partial charge in [-0.3, -0.25) is 4.98 Å². The second-order valence-corrected chi connectivity index (χ2v) is 7.26. The van der Waals surface area contributed by atoms with Crippen molar-refractivity contribution >= 4 is 22.4 Å². The minimum absolute atomic E-state index is 0.144. The molecule has 0 aliphatic heterocycles. The summed E-state index contributed by atoms with van der Waals surface area (Å²) in [5.41, 5.74) is 8.56. The molecule has 1 N–H and O–H groups in total. The molecule has 132 valence electrons. The second-order valence-electron chi connectivity index (χ2n) is 6.40. The van der Waals surface area contributed by atoms with Crippen molar-refractivity contribution in [3.8, 4) is 33.5 Å². The number of aromatic nitrogens is 3. The quantitative estimate of drug-likeness (QED) is 0.540. The number of aryl methyl sites for hydroxylation is 2. The molecule has 0 aliphatic rings. The Balaban J connectivity index is 2.07. The molecule has 0 spiro atoms. The van der Waals surface area contributed by atoms with Gasteiger partial charge in [0, 0.05) is 17.3 Å². The highest BCUT2D eigenvalue weighted by atomic mass is 32.1. The van der Waals surface area contributed by atoms with Crippen LogP contribution in [0.25, 0.3) is 32.6 Å². The van der Waals surface area contributed by atoms with E-state index in [-0.39, 0.29) is 11.4 Å². The van der Waals surface area contributed by atoms with E-state index in [1.807, 2.05) is 45.0 Å². The Morgan fingerprint density at radius 1 is 1.15 bits per heavy atom. The zero-order valence-electron chi connectivity index (χ0n) is 15.1. The van der Waals surface area contributed by atoms with Crippen LogP contribution in [-0.2, 0) is 0 Å². The zero-order valence-corrected chi connectivity index (χ0v) is 15.9. The van der Waals surface area contributed by atoms with Gasteiger partial charge in [0.2, 0.25) is 5.88 Å². The highest BCUT2D eigenvalue weighted by molar-refractivity contribution is 7.13. The van der Waals surface area contributed by atoms with Gasteiger partial charge in [-0.05, 0) is 43.5 Å². The Morgan fingerprint density at radius 2 is 1.96 bits per heavy atom. The normalized spacial score (nSPS) is 10.9. The summed E-state index contributed by atoms with van der Waals surface area (Å²) in [4.78, 5) is 14.2. The lowest BCUT2D eigenvalue weighted by Gasteiger charge is -2.14. The largest absolute Gasteiger partial charge is 0.492 e. The van der Waals surface area contributed by atoms with Crippen molar-refractivity contribution in [3.63, 3.8) is 0 Å². The first-order valence-corrected chi connectivity index (χ1v) is 9.29. The molecular weight excluding hydrogens is 356 g/mol. The zero-order chi connectivity index (χ0) is 19.1. The van der Waals surface area contributed by atoms with Gasteiger partial charge in [0.05, 0.1) is 27.1 Å². The summed E-state index contributed by atoms with van der Waals surface area (Å²) in [5, 5.41) is 20.1. The molecule has 27 heavy (non-hydrogen) atoms. The summed E-state index contributed by atoms with van der Waals surface area (Å²) in [7, 11) is 0. The van der Waals surface area contributed by atoms with Crippen LogP contribution in [0.5, 0.6) is 5.88 Å². The molecule has 4 aromatic rings. The third-order valence-electron chi connectivity index (χ3n) is 4.80. The first kappa shape index (κ1) is 17.1. The number of aromatic hydroxyl groups is 1. The van der Waals surface area contributed by atoms with Crippen molar-refractivity contribution < 1.29 is 5.11 Å². The molecule has 4 rings (SSSR count). The van der Waals surface area contributed by atoms with Crippen molar-refractivity contribution in [1.29, 1.82) is 5.26 Å². The van der Waals surface area contributed by atoms with Gasteiger partial charge in [-0.25, -0.2) is 9.97 Å². The van der Waals surface area contributed by atoms with E-state index in [0.29, 0.717) is 16.6 Å². The third kappa shape index (κ3) is 2.73. The van der Waals surface area contributed by atoms with Crippen molar-refractivity contribution in [2.75, 3.05) is 0 Å². The lowest BCUT2D eigenvalue weighted by atomic mass is 9.93. The lowest BCUT2D eigenvalue weighted by Crippen LogP contribution is -1.97. The van der Waals surface area contributed by atoms with Crippen LogP contribution < -0.4 is 0 Å². The van der Waals surface area contributed by atoms with Gasteiger partial charge < -0.3 is 5.11 Å². The molecule has 1 aromatic carbocycles. The average Bonchev–Trinajstić information content (AvgIpc) is 3.08. The third-order valence-corrected chi connectivity index (χ3v) is 5.78. The molecule has 3 heterocycles. The molecule has 0 radical (unpaired) electrons. The number of hydrogen-bond acceptors (Lipinski definition) is 6. The van der Waals surface area contributed by atoms with Gasteiger partial charge in [0.1, 0.15) is 11.6 Å². The highest BCUT2D eigenvalue weighted by Gasteiger charge is 2.20. The summed E-state index contributed by atoms with van der Waals surface area (Å²) in [6.07, 6.45) is 1.78. The molecule has 0 unspecified atom stereocenters. The molecule has 5 nitrogen and oxygen atoms in total. The molecule has 0 aliphatic carbocycles. The summed E-state index contributed by atoms with van der Waals surface area (Å²) in [5.74, 6) is -0.277. The minimum atomic E-state index is -0.277. The standard InChI is InChI=1S/C21H16N4OS/c1-11-5-4-6-15(12(11)2)18-16(8-22)21(26)25-17-7-14(9-23-19(17)18)20-13(3)24-10-27-20/h4-7,9-10H,1-3H3,(H,25,26). The van der Waals surface area contributed by atoms with Gasteiger partial charge in [-0.15, -0.1) is 11.3 Å². The van der Waals surface area contributed by atoms with Gasteiger partial charge in [0.25, 0.3) is 0 Å². The highest BCUT2D eigenvalue weighted by Crippen LogP contribution is 2.38. The topological polar surface area (TPSA) is 82.7 Å². The maximum Gasteiger partial charge on any atom is 0.230 e. The molecule has 0 saturated heterocycles. The van der Waals surface area contributed by atoms with Crippen LogP contribution in [-0.4, -0.2) is 20.1 Å². The van der Waals surface area contributed by atoms with E-state index in [1.165, 1.54) is 11.3 Å². The predicted molar refractivity (Wildman–Crippen MR) is 107 cm³/mol. The van der Waals surface area contributed by atoms with Gasteiger partial charge >= 0.3 is 0 Å². The molecule has 0 saturated carbocycles. The molecular formula is C21H16N4OS. The molecule has 0 fully saturated rings. The van der Waals surface area contributed by atoms with E-state index in [1.54, 1.807) is 11.7 Å². The number of rotatable bonds is 2. The Morgan fingerprint density at radius 3 is 2.67 bits per heavy atom. The smallest absolute Gasteiger partial charge is 0.230 e. The van der Waals surface area contributed by atoms with Gasteiger partial charge in [-0.1, -0.05) is 18.2 Å². The van der Waals surface area contributed by atoms with Gasteiger partial charge in [0.15, 0.2) is 0 Å². The number of benzene rings is 1. The van der Waals surface area contributed by atoms with Crippen molar-refractivity contribution in [3.05, 3.63) is 58.4 Å². The van der Waals surface area contributed by atoms with E-state index >= 15 is 0 Å². The summed E-state index contributed by atoms with van der Waals surface area (Å²) >= 11 is 1.53. The van der Waals surface area contributed by atoms with Crippen molar-refractivity contribution in [2.24, 2.45) is 0 Å². The fourth-order valence-corrected chi connectivity index (χ4v) is 4.01. The SMILES string of the molecule is Cc1cccc(-c2c(C#N)c(O)nc3cc(-c4scnc4C)cnc23)c1C. The molecule has 3 aromatic heterocycles. The molecule has 0 atom stereocenters. The van der Waals surface area contributed by atoms with Crippen LogP contribution in [0.4, 0.5) is 0 Å². The van der Waals surface area contributed by atoms with E-state index in [4.69, 9.17) is 0 Å². The van der Waals surface area contributed by atoms with Crippen LogP contribution >= 0.6 is 11.3 Å². The van der Waals surface area contributed by atoms with E-state index in [0.717, 1.165) is 32.8 Å². The lowest BCUT2D eigenvalue weighted by molar-refractivity contribution is 0.454. The minimum Gasteiger partial charge on any atom is -0.492 e. The van der Waals surface area contributed by atoms with Crippen LogP contribution in [0.3, 0.4) is 0 Å². The first-order chi connectivity index (χ1) is 13.0. The monoisotopic (exact) mass is 372 g/mol. The number of nitriles is 1. The summed E-state index contributed by atoms with van der Waals surface area (Å²) < 4.78 is 0. The molecule has 0 amide bonds. The maximum absolute atomic E-state index is 10.4. The number of thiazole rings is 1. The van der Waals surface area contributed by atoms with Crippen LogP contribution in [0.1, 0.15) is 22.4 Å². The maximum atomic E-state index is 10.4. The Labute approximate surface area is 160 Å². The fraction of sp³-hybridized carbons (Fsp3) is 0.143. The number of fused-ring (bicyclic) bond motifs is 1. The van der Waals surface area contributed by atoms with Crippen LogP contribution in [0, 0.1) is 32.1 Å². The number of hydrogen-bond donors (Lipinski definition) is 1. The summed E-state index contributed by atoms with van der Waals surface area (Å²) in [6.45, 7) is 5.97. The fourth-order valence-electron chi connectivity index (χ4n) is 3.22. The van der Waals surface area contributed by atoms with Crippen LogP contribution in [0.15, 0.2) is 36.0 Å². The van der Waals surface area contributed by atoms with E-state index < -0.39 is 0 Å². The van der Waals surface area contributed by atoms with Crippen LogP contribution in [0.2, 0.25) is 0 Å². The van der Waals surface area contributed by atoms with Crippen molar-refractivity contribution in [1.82, 2.24) is 15.0 Å².